The minimum absolute atomic E-state index is 0.0386. The molecule has 1 aliphatic heterocycles. The number of rotatable bonds is 4. The first-order valence-corrected chi connectivity index (χ1v) is 10.9. The van der Waals surface area contributed by atoms with Crippen LogP contribution in [0.4, 0.5) is 0 Å². The second kappa shape index (κ2) is 7.41. The Kier molecular flexibility index (Phi) is 5.52. The zero-order valence-electron chi connectivity index (χ0n) is 16.0. The van der Waals surface area contributed by atoms with Gasteiger partial charge in [0.05, 0.1) is 4.90 Å². The van der Waals surface area contributed by atoms with E-state index in [2.05, 4.69) is 5.10 Å². The molecule has 3 rings (SSSR count). The molecule has 9 heteroatoms. The number of nitrogens with zero attached hydrogens (tertiary/aromatic N) is 4. The monoisotopic (exact) mass is 412 g/mol. The molecule has 0 aliphatic carbocycles. The van der Waals surface area contributed by atoms with E-state index in [1.54, 1.807) is 36.7 Å². The van der Waals surface area contributed by atoms with Crippen LogP contribution in [0.25, 0.3) is 0 Å². The fourth-order valence-corrected chi connectivity index (χ4v) is 5.64. The van der Waals surface area contributed by atoms with Crippen molar-refractivity contribution < 1.29 is 8.42 Å². The lowest BCUT2D eigenvalue weighted by molar-refractivity contribution is 0.301. The van der Waals surface area contributed by atoms with Crippen molar-refractivity contribution in [3.63, 3.8) is 0 Å². The Hall–Kier alpha value is -1.64. The molecular formula is C18H25ClN4O3S. The van der Waals surface area contributed by atoms with Gasteiger partial charge in [-0.25, -0.2) is 17.9 Å². The highest BCUT2D eigenvalue weighted by molar-refractivity contribution is 7.89. The van der Waals surface area contributed by atoms with Crippen molar-refractivity contribution in [1.82, 2.24) is 18.7 Å². The van der Waals surface area contributed by atoms with E-state index in [0.717, 1.165) is 6.42 Å². The van der Waals surface area contributed by atoms with Crippen LogP contribution in [-0.4, -0.2) is 40.2 Å². The van der Waals surface area contributed by atoms with Crippen molar-refractivity contribution >= 4 is 21.6 Å². The molecule has 2 heterocycles. The molecule has 1 aromatic heterocycles. The number of halogens is 1. The molecule has 0 radical (unpaired) electrons. The normalized spacial score (nSPS) is 19.0. The summed E-state index contributed by atoms with van der Waals surface area (Å²) in [5.74, 6) is 0.532. The van der Waals surface area contributed by atoms with E-state index in [9.17, 15) is 13.2 Å². The van der Waals surface area contributed by atoms with Gasteiger partial charge in [-0.05, 0) is 51.3 Å². The summed E-state index contributed by atoms with van der Waals surface area (Å²) in [6.07, 6.45) is 1.51. The zero-order valence-corrected chi connectivity index (χ0v) is 17.6. The molecule has 1 unspecified atom stereocenters. The van der Waals surface area contributed by atoms with Gasteiger partial charge in [-0.15, -0.1) is 0 Å². The molecule has 1 saturated heterocycles. The molecule has 0 spiro atoms. The van der Waals surface area contributed by atoms with Crippen LogP contribution in [0.15, 0.2) is 27.9 Å². The molecule has 148 valence electrons. The highest BCUT2D eigenvalue weighted by atomic mass is 35.5. The minimum atomic E-state index is -3.67. The Morgan fingerprint density at radius 3 is 2.67 bits per heavy atom. The Morgan fingerprint density at radius 2 is 2.00 bits per heavy atom. The molecule has 1 aliphatic rings. The maximum absolute atomic E-state index is 13.2. The van der Waals surface area contributed by atoms with E-state index >= 15 is 0 Å². The van der Waals surface area contributed by atoms with Crippen LogP contribution in [0.1, 0.15) is 50.0 Å². The summed E-state index contributed by atoms with van der Waals surface area (Å²) in [6.45, 7) is 6.32. The molecule has 1 fully saturated rings. The predicted octanol–water partition coefficient (Wildman–Crippen LogP) is 2.69. The predicted molar refractivity (Wildman–Crippen MR) is 105 cm³/mol. The topological polar surface area (TPSA) is 77.2 Å². The summed E-state index contributed by atoms with van der Waals surface area (Å²) in [5, 5.41) is 4.83. The largest absolute Gasteiger partial charge is 0.345 e. The van der Waals surface area contributed by atoms with Crippen molar-refractivity contribution in [2.45, 2.75) is 50.5 Å². The molecule has 0 N–H and O–H groups in total. The Labute approximate surface area is 164 Å². The van der Waals surface area contributed by atoms with E-state index in [4.69, 9.17) is 11.6 Å². The van der Waals surface area contributed by atoms with Crippen molar-refractivity contribution in [2.24, 2.45) is 7.05 Å². The lowest BCUT2D eigenvalue weighted by Crippen LogP contribution is -2.40. The number of piperidine rings is 1. The smallest absolute Gasteiger partial charge is 0.276 e. The standard InChI is InChI=1S/C18H25ClN4O3S/c1-12(2)23-17(20-21(4)18(23)24)14-7-6-10-22(11-14)27(25,26)16-9-5-8-15(19)13(16)3/h5,8-9,12,14H,6-7,10-11H2,1-4H3. The van der Waals surface area contributed by atoms with Gasteiger partial charge < -0.3 is 0 Å². The average Bonchev–Trinajstić information content (AvgIpc) is 2.92. The third-order valence-corrected chi connectivity index (χ3v) is 7.50. The first-order chi connectivity index (χ1) is 12.6. The minimum Gasteiger partial charge on any atom is -0.276 e. The van der Waals surface area contributed by atoms with E-state index in [0.29, 0.717) is 35.9 Å². The number of aryl methyl sites for hydroxylation is 1. The van der Waals surface area contributed by atoms with Gasteiger partial charge in [-0.3, -0.25) is 4.57 Å². The lowest BCUT2D eigenvalue weighted by atomic mass is 9.98. The van der Waals surface area contributed by atoms with Crippen LogP contribution in [0, 0.1) is 6.92 Å². The third-order valence-electron chi connectivity index (χ3n) is 5.08. The molecule has 1 aromatic carbocycles. The lowest BCUT2D eigenvalue weighted by Gasteiger charge is -2.32. The maximum atomic E-state index is 13.2. The fourth-order valence-electron chi connectivity index (χ4n) is 3.64. The van der Waals surface area contributed by atoms with Gasteiger partial charge >= 0.3 is 5.69 Å². The number of sulfonamides is 1. The third kappa shape index (κ3) is 3.58. The van der Waals surface area contributed by atoms with Gasteiger partial charge in [0.15, 0.2) is 0 Å². The van der Waals surface area contributed by atoms with Crippen LogP contribution >= 0.6 is 11.6 Å². The van der Waals surface area contributed by atoms with E-state index in [-0.39, 0.29) is 22.5 Å². The van der Waals surface area contributed by atoms with Crippen molar-refractivity contribution in [2.75, 3.05) is 13.1 Å². The van der Waals surface area contributed by atoms with Gasteiger partial charge in [0.2, 0.25) is 10.0 Å². The van der Waals surface area contributed by atoms with Gasteiger partial charge in [-0.1, -0.05) is 17.7 Å². The molecule has 27 heavy (non-hydrogen) atoms. The van der Waals surface area contributed by atoms with Crippen molar-refractivity contribution in [3.05, 3.63) is 45.1 Å². The first-order valence-electron chi connectivity index (χ1n) is 9.05. The summed E-state index contributed by atoms with van der Waals surface area (Å²) in [4.78, 5) is 12.6. The SMILES string of the molecule is Cc1c(Cl)cccc1S(=O)(=O)N1CCCC(c2nn(C)c(=O)n2C(C)C)C1. The van der Waals surface area contributed by atoms with Crippen molar-refractivity contribution in [3.8, 4) is 0 Å². The first kappa shape index (κ1) is 20.1. The Morgan fingerprint density at radius 1 is 1.30 bits per heavy atom. The number of benzene rings is 1. The van der Waals surface area contributed by atoms with Gasteiger partial charge in [0, 0.05) is 37.1 Å². The van der Waals surface area contributed by atoms with Crippen LogP contribution < -0.4 is 5.69 Å². The summed E-state index contributed by atoms with van der Waals surface area (Å²) in [5.41, 5.74) is 0.379. The molecular weight excluding hydrogens is 388 g/mol. The Bertz CT molecular complexity index is 1010. The summed E-state index contributed by atoms with van der Waals surface area (Å²) >= 11 is 6.13. The molecule has 1 atom stereocenters. The molecule has 0 saturated carbocycles. The summed E-state index contributed by atoms with van der Waals surface area (Å²) < 4.78 is 30.9. The van der Waals surface area contributed by atoms with Crippen LogP contribution in [-0.2, 0) is 17.1 Å². The number of hydrogen-bond donors (Lipinski definition) is 0. The second-order valence-electron chi connectivity index (χ2n) is 7.29. The van der Waals surface area contributed by atoms with E-state index < -0.39 is 10.0 Å². The Balaban J connectivity index is 1.97. The van der Waals surface area contributed by atoms with Crippen LogP contribution in [0.2, 0.25) is 5.02 Å². The summed E-state index contributed by atoms with van der Waals surface area (Å²) in [6, 6.07) is 4.89. The maximum Gasteiger partial charge on any atom is 0.345 e. The quantitative estimate of drug-likeness (QED) is 0.773. The summed E-state index contributed by atoms with van der Waals surface area (Å²) in [7, 11) is -2.04. The van der Waals surface area contributed by atoms with Gasteiger partial charge in [0.25, 0.3) is 0 Å². The van der Waals surface area contributed by atoms with Crippen LogP contribution in [0.5, 0.6) is 0 Å². The molecule has 2 aromatic rings. The highest BCUT2D eigenvalue weighted by Crippen LogP contribution is 2.32. The van der Waals surface area contributed by atoms with Gasteiger partial charge in [-0.2, -0.15) is 9.40 Å². The number of aromatic nitrogens is 3. The van der Waals surface area contributed by atoms with E-state index in [1.807, 2.05) is 13.8 Å². The molecule has 7 nitrogen and oxygen atoms in total. The van der Waals surface area contributed by atoms with Crippen molar-refractivity contribution in [1.29, 1.82) is 0 Å². The van der Waals surface area contributed by atoms with Crippen LogP contribution in [0.3, 0.4) is 0 Å². The molecule has 0 bridgehead atoms. The zero-order chi connectivity index (χ0) is 19.9. The van der Waals surface area contributed by atoms with Gasteiger partial charge in [0.1, 0.15) is 5.82 Å². The molecule has 0 amide bonds. The van der Waals surface area contributed by atoms with E-state index in [1.165, 1.54) is 8.99 Å². The fraction of sp³-hybridized carbons (Fsp3) is 0.556. The number of hydrogen-bond acceptors (Lipinski definition) is 4. The second-order valence-corrected chi connectivity index (χ2v) is 9.61. The average molecular weight is 413 g/mol. The highest BCUT2D eigenvalue weighted by Gasteiger charge is 2.34.